The lowest BCUT2D eigenvalue weighted by molar-refractivity contribution is -0.131. The molecule has 0 unspecified atom stereocenters. The number of fused-ring (bicyclic) bond motifs is 1. The maximum atomic E-state index is 12.6. The third-order valence-corrected chi connectivity index (χ3v) is 5.24. The zero-order chi connectivity index (χ0) is 20.4. The molecule has 8 nitrogen and oxygen atoms in total. The van der Waals surface area contributed by atoms with E-state index in [1.807, 2.05) is 34.3 Å². The quantitative estimate of drug-likeness (QED) is 0.719. The molecule has 3 heterocycles. The minimum Gasteiger partial charge on any atom is -0.351 e. The number of aromatic amines is 1. The summed E-state index contributed by atoms with van der Waals surface area (Å²) in [6.07, 6.45) is 7.18. The van der Waals surface area contributed by atoms with Gasteiger partial charge in [0, 0.05) is 63.5 Å². The van der Waals surface area contributed by atoms with E-state index in [-0.39, 0.29) is 11.8 Å². The lowest BCUT2D eigenvalue weighted by Gasteiger charge is -2.28. The van der Waals surface area contributed by atoms with E-state index >= 15 is 0 Å². The summed E-state index contributed by atoms with van der Waals surface area (Å²) in [7, 11) is 3.48. The summed E-state index contributed by atoms with van der Waals surface area (Å²) in [6, 6.07) is 8.02. The van der Waals surface area contributed by atoms with Crippen molar-refractivity contribution in [3.63, 3.8) is 0 Å². The first kappa shape index (κ1) is 19.1. The van der Waals surface area contributed by atoms with Gasteiger partial charge in [0.05, 0.1) is 0 Å². The average molecular weight is 394 g/mol. The van der Waals surface area contributed by atoms with Gasteiger partial charge in [-0.15, -0.1) is 5.53 Å². The number of benzene rings is 1. The van der Waals surface area contributed by atoms with Crippen molar-refractivity contribution in [1.82, 2.24) is 30.8 Å². The van der Waals surface area contributed by atoms with Gasteiger partial charge in [-0.25, -0.2) is 0 Å². The van der Waals surface area contributed by atoms with Crippen LogP contribution < -0.4 is 11.0 Å². The predicted octanol–water partition coefficient (Wildman–Crippen LogP) is 1.67. The molecule has 2 aliphatic rings. The number of rotatable bonds is 5. The Hall–Kier alpha value is -3.26. The maximum absolute atomic E-state index is 12.6. The van der Waals surface area contributed by atoms with E-state index in [4.69, 9.17) is 0 Å². The molecule has 1 aromatic carbocycles. The Labute approximate surface area is 169 Å². The third-order valence-electron chi connectivity index (χ3n) is 5.24. The number of carbonyl (C=O) groups excluding carboxylic acids is 2. The summed E-state index contributed by atoms with van der Waals surface area (Å²) in [4.78, 5) is 31.5. The number of nitrogens with one attached hydrogen (secondary N) is 3. The van der Waals surface area contributed by atoms with Crippen LogP contribution in [0.2, 0.25) is 0 Å². The second-order valence-corrected chi connectivity index (χ2v) is 7.53. The monoisotopic (exact) mass is 394 g/mol. The van der Waals surface area contributed by atoms with Crippen molar-refractivity contribution in [1.29, 1.82) is 0 Å². The van der Waals surface area contributed by atoms with Gasteiger partial charge in [0.25, 0.3) is 5.91 Å². The van der Waals surface area contributed by atoms with Crippen molar-refractivity contribution < 1.29 is 9.59 Å². The van der Waals surface area contributed by atoms with Gasteiger partial charge in [-0.1, -0.05) is 12.1 Å². The summed E-state index contributed by atoms with van der Waals surface area (Å²) in [6.45, 7) is 1.98. The average Bonchev–Trinajstić information content (AvgIpc) is 3.40. The highest BCUT2D eigenvalue weighted by atomic mass is 16.2. The Bertz CT molecular complexity index is 990. The number of hydrogen-bond acceptors (Lipinski definition) is 5. The molecule has 0 atom stereocenters. The van der Waals surface area contributed by atoms with Crippen LogP contribution in [0, 0.1) is 0 Å². The van der Waals surface area contributed by atoms with Crippen LogP contribution in [-0.2, 0) is 4.79 Å². The van der Waals surface area contributed by atoms with Gasteiger partial charge in [0.1, 0.15) is 5.69 Å². The lowest BCUT2D eigenvalue weighted by Crippen LogP contribution is -2.40. The van der Waals surface area contributed by atoms with Crippen LogP contribution in [-0.4, -0.2) is 65.3 Å². The van der Waals surface area contributed by atoms with Crippen molar-refractivity contribution in [2.75, 3.05) is 33.7 Å². The Kier molecular flexibility index (Phi) is 5.26. The maximum Gasteiger partial charge on any atom is 0.269 e. The van der Waals surface area contributed by atoms with Crippen LogP contribution in [0.3, 0.4) is 0 Å². The van der Waals surface area contributed by atoms with E-state index in [0.29, 0.717) is 25.2 Å². The first-order chi connectivity index (χ1) is 14.0. The fourth-order valence-electron chi connectivity index (χ4n) is 3.64. The molecule has 0 saturated carbocycles. The Morgan fingerprint density at radius 2 is 2.07 bits per heavy atom. The van der Waals surface area contributed by atoms with E-state index in [0.717, 1.165) is 35.0 Å². The van der Waals surface area contributed by atoms with Crippen molar-refractivity contribution in [2.24, 2.45) is 0 Å². The van der Waals surface area contributed by atoms with Gasteiger partial charge in [-0.3, -0.25) is 14.6 Å². The highest BCUT2D eigenvalue weighted by molar-refractivity contribution is 5.98. The minimum absolute atomic E-state index is 0.0473. The van der Waals surface area contributed by atoms with Crippen LogP contribution in [0.4, 0.5) is 0 Å². The number of aromatic nitrogens is 1. The van der Waals surface area contributed by atoms with Crippen LogP contribution >= 0.6 is 0 Å². The molecule has 0 spiro atoms. The van der Waals surface area contributed by atoms with Crippen LogP contribution in [0.15, 0.2) is 42.7 Å². The standard InChI is InChI=1S/C21H26N6O2/c1-25(2)21(29)19-13-17-12-15(5-6-18(17)23-19)16-4-3-9-26(14-16)20(28)7-10-27-11-8-22-24-27/h4-6,8,11-13,22-24H,3,7,9-10,14H2,1-2H3. The Balaban J connectivity index is 1.45. The highest BCUT2D eigenvalue weighted by Crippen LogP contribution is 2.26. The molecular weight excluding hydrogens is 368 g/mol. The van der Waals surface area contributed by atoms with Crippen LogP contribution in [0.5, 0.6) is 0 Å². The number of carbonyl (C=O) groups is 2. The van der Waals surface area contributed by atoms with E-state index < -0.39 is 0 Å². The molecule has 2 aliphatic heterocycles. The highest BCUT2D eigenvalue weighted by Gasteiger charge is 2.20. The molecule has 0 fully saturated rings. The van der Waals surface area contributed by atoms with Gasteiger partial charge in [0.2, 0.25) is 5.91 Å². The van der Waals surface area contributed by atoms with Gasteiger partial charge in [-0.2, -0.15) is 0 Å². The molecule has 0 aliphatic carbocycles. The molecule has 3 N–H and O–H groups in total. The molecule has 0 radical (unpaired) electrons. The fourth-order valence-corrected chi connectivity index (χ4v) is 3.64. The zero-order valence-electron chi connectivity index (χ0n) is 16.7. The first-order valence-electron chi connectivity index (χ1n) is 9.77. The fraction of sp³-hybridized carbons (Fsp3) is 0.333. The van der Waals surface area contributed by atoms with Gasteiger partial charge in [-0.05, 0) is 35.8 Å². The molecule has 8 heteroatoms. The van der Waals surface area contributed by atoms with Crippen molar-refractivity contribution >= 4 is 28.3 Å². The normalized spacial score (nSPS) is 16.1. The first-order valence-corrected chi connectivity index (χ1v) is 9.77. The predicted molar refractivity (Wildman–Crippen MR) is 112 cm³/mol. The van der Waals surface area contributed by atoms with Crippen molar-refractivity contribution in [3.8, 4) is 0 Å². The molecule has 1 aromatic heterocycles. The molecule has 0 saturated heterocycles. The molecule has 2 amide bonds. The number of hydrogen-bond donors (Lipinski definition) is 3. The van der Waals surface area contributed by atoms with Crippen LogP contribution in [0.1, 0.15) is 28.9 Å². The minimum atomic E-state index is -0.0473. The van der Waals surface area contributed by atoms with Crippen molar-refractivity contribution in [3.05, 3.63) is 54.0 Å². The van der Waals surface area contributed by atoms with E-state index in [1.54, 1.807) is 25.2 Å². The van der Waals surface area contributed by atoms with E-state index in [9.17, 15) is 9.59 Å². The molecule has 152 valence electrons. The van der Waals surface area contributed by atoms with E-state index in [2.05, 4.69) is 28.1 Å². The number of nitrogens with zero attached hydrogens (tertiary/aromatic N) is 3. The van der Waals surface area contributed by atoms with Gasteiger partial charge < -0.3 is 20.2 Å². The Morgan fingerprint density at radius 1 is 1.21 bits per heavy atom. The molecule has 29 heavy (non-hydrogen) atoms. The SMILES string of the molecule is CN(C)C(=O)c1cc2cc(C3=CCCN(C(=O)CCN4C=CNN4)C3)ccc2[nH]1. The Morgan fingerprint density at radius 3 is 2.83 bits per heavy atom. The number of hydrazine groups is 2. The van der Waals surface area contributed by atoms with Crippen molar-refractivity contribution in [2.45, 2.75) is 12.8 Å². The molecule has 4 rings (SSSR count). The zero-order valence-corrected chi connectivity index (χ0v) is 16.7. The van der Waals surface area contributed by atoms with Crippen LogP contribution in [0.25, 0.3) is 16.5 Å². The number of amides is 2. The molecule has 2 aromatic rings. The molecule has 0 bridgehead atoms. The summed E-state index contributed by atoms with van der Waals surface area (Å²) in [5.74, 6) is 0.105. The number of H-pyrrole nitrogens is 1. The second-order valence-electron chi connectivity index (χ2n) is 7.53. The lowest BCUT2D eigenvalue weighted by atomic mass is 9.99. The summed E-state index contributed by atoms with van der Waals surface area (Å²) >= 11 is 0. The van der Waals surface area contributed by atoms with Gasteiger partial charge in [0.15, 0.2) is 0 Å². The van der Waals surface area contributed by atoms with Gasteiger partial charge >= 0.3 is 0 Å². The summed E-state index contributed by atoms with van der Waals surface area (Å²) in [5, 5.41) is 2.85. The molecular formula is C21H26N6O2. The summed E-state index contributed by atoms with van der Waals surface area (Å²) in [5.41, 5.74) is 9.56. The topological polar surface area (TPSA) is 83.7 Å². The summed E-state index contributed by atoms with van der Waals surface area (Å²) < 4.78 is 0. The third kappa shape index (κ3) is 4.12. The smallest absolute Gasteiger partial charge is 0.269 e. The second kappa shape index (κ2) is 8.00. The van der Waals surface area contributed by atoms with E-state index in [1.165, 1.54) is 0 Å². The largest absolute Gasteiger partial charge is 0.351 e.